The third kappa shape index (κ3) is 0.904. The molecule has 0 fully saturated rings. The Hall–Kier alpha value is -2.02. The summed E-state index contributed by atoms with van der Waals surface area (Å²) >= 11 is 0. The summed E-state index contributed by atoms with van der Waals surface area (Å²) in [7, 11) is 0. The average Bonchev–Trinajstić information content (AvgIpc) is 2.85. The molecule has 0 bridgehead atoms. The molecule has 0 unspecified atom stereocenters. The van der Waals surface area contributed by atoms with Gasteiger partial charge in [0.25, 0.3) is 0 Å². The number of benzene rings is 1. The lowest BCUT2D eigenvalue weighted by Gasteiger charge is -2.06. The molecule has 4 rings (SSSR count). The van der Waals surface area contributed by atoms with Gasteiger partial charge in [0.2, 0.25) is 0 Å². The molecule has 1 aliphatic heterocycles. The van der Waals surface area contributed by atoms with Crippen LogP contribution < -0.4 is 0 Å². The fraction of sp³-hybridized carbons (Fsp3) is 0.0667. The summed E-state index contributed by atoms with van der Waals surface area (Å²) in [4.78, 5) is 4.72. The van der Waals surface area contributed by atoms with Crippen LogP contribution >= 0.6 is 0 Å². The molecule has 0 aromatic heterocycles. The van der Waals surface area contributed by atoms with Gasteiger partial charge in [0, 0.05) is 0 Å². The summed E-state index contributed by atoms with van der Waals surface area (Å²) in [6, 6.07) is 10.7. The number of aliphatic imine (C=N–C) groups is 1. The van der Waals surface area contributed by atoms with Crippen molar-refractivity contribution in [1.82, 2.24) is 0 Å². The van der Waals surface area contributed by atoms with Gasteiger partial charge in [-0.1, -0.05) is 28.5 Å². The lowest BCUT2D eigenvalue weighted by molar-refractivity contribution is 1.39. The second-order valence-electron chi connectivity index (χ2n) is 4.25. The van der Waals surface area contributed by atoms with Crippen molar-refractivity contribution in [2.45, 2.75) is 6.42 Å². The van der Waals surface area contributed by atoms with E-state index in [0.717, 1.165) is 17.8 Å². The molecular formula is C15H10N-. The van der Waals surface area contributed by atoms with Crippen LogP contribution in [0.4, 0.5) is 5.69 Å². The van der Waals surface area contributed by atoms with Crippen molar-refractivity contribution >= 4 is 27.7 Å². The summed E-state index contributed by atoms with van der Waals surface area (Å²) in [5, 5.41) is 2.57. The van der Waals surface area contributed by atoms with E-state index in [1.54, 1.807) is 0 Å². The van der Waals surface area contributed by atoms with Gasteiger partial charge >= 0.3 is 0 Å². The van der Waals surface area contributed by atoms with Crippen LogP contribution in [0.15, 0.2) is 53.6 Å². The normalized spacial score (nSPS) is 17.0. The highest BCUT2D eigenvalue weighted by Gasteiger charge is 2.17. The predicted octanol–water partition coefficient (Wildman–Crippen LogP) is 3.99. The summed E-state index contributed by atoms with van der Waals surface area (Å²) in [6.45, 7) is 0. The minimum atomic E-state index is 1.02. The van der Waals surface area contributed by atoms with Gasteiger partial charge < -0.3 is 0 Å². The molecule has 1 aliphatic carbocycles. The van der Waals surface area contributed by atoms with E-state index in [4.69, 9.17) is 4.99 Å². The van der Waals surface area contributed by atoms with Gasteiger partial charge in [0.1, 0.15) is 0 Å². The number of hydrogen-bond donors (Lipinski definition) is 0. The number of allylic oxidation sites excluding steroid dienone is 4. The Balaban J connectivity index is 2.11. The highest BCUT2D eigenvalue weighted by Crippen LogP contribution is 2.43. The zero-order valence-corrected chi connectivity index (χ0v) is 8.77. The van der Waals surface area contributed by atoms with Crippen molar-refractivity contribution in [3.05, 3.63) is 54.1 Å². The highest BCUT2D eigenvalue weighted by atomic mass is 14.8. The first-order valence-electron chi connectivity index (χ1n) is 5.58. The summed E-state index contributed by atoms with van der Waals surface area (Å²) < 4.78 is 0. The van der Waals surface area contributed by atoms with Gasteiger partial charge in [-0.2, -0.15) is 0 Å². The Kier molecular flexibility index (Phi) is 1.41. The van der Waals surface area contributed by atoms with Crippen molar-refractivity contribution in [1.29, 1.82) is 0 Å². The third-order valence-electron chi connectivity index (χ3n) is 3.30. The maximum atomic E-state index is 4.72. The molecule has 0 saturated carbocycles. The fourth-order valence-corrected chi connectivity index (χ4v) is 2.56. The Labute approximate surface area is 93.8 Å². The van der Waals surface area contributed by atoms with Crippen LogP contribution in [0.5, 0.6) is 0 Å². The van der Waals surface area contributed by atoms with Crippen molar-refractivity contribution in [2.75, 3.05) is 0 Å². The minimum Gasteiger partial charge on any atom is -0.295 e. The van der Waals surface area contributed by atoms with Gasteiger partial charge in [0.05, 0.1) is 5.71 Å². The zero-order valence-electron chi connectivity index (χ0n) is 8.77. The monoisotopic (exact) mass is 204 g/mol. The van der Waals surface area contributed by atoms with Crippen molar-refractivity contribution in [3.63, 3.8) is 0 Å². The second kappa shape index (κ2) is 2.76. The number of fused-ring (bicyclic) bond motifs is 5. The van der Waals surface area contributed by atoms with Crippen molar-refractivity contribution in [2.24, 2.45) is 4.99 Å². The molecule has 1 nitrogen and oxygen atoms in total. The molecule has 2 aromatic rings. The Morgan fingerprint density at radius 3 is 3.25 bits per heavy atom. The second-order valence-corrected chi connectivity index (χ2v) is 4.25. The number of nitrogens with zero attached hydrogens (tertiary/aromatic N) is 1. The minimum absolute atomic E-state index is 1.02. The molecule has 0 atom stereocenters. The number of rotatable bonds is 0. The van der Waals surface area contributed by atoms with E-state index in [2.05, 4.69) is 48.6 Å². The molecule has 0 spiro atoms. The van der Waals surface area contributed by atoms with E-state index in [0.29, 0.717) is 0 Å². The molecular weight excluding hydrogens is 194 g/mol. The molecule has 16 heavy (non-hydrogen) atoms. The summed E-state index contributed by atoms with van der Waals surface area (Å²) in [6.07, 6.45) is 7.58. The average molecular weight is 204 g/mol. The fourth-order valence-electron chi connectivity index (χ4n) is 2.56. The van der Waals surface area contributed by atoms with E-state index in [9.17, 15) is 0 Å². The maximum Gasteiger partial charge on any atom is 0.0530 e. The van der Waals surface area contributed by atoms with Gasteiger partial charge in [0.15, 0.2) is 0 Å². The standard InChI is InChI=1S/C15H10N/c1-2-6-11-10(5-1)9-13-12-7-3-4-8-14(12)16-15(11)13/h1-2,4-9H,3H2/q-1. The van der Waals surface area contributed by atoms with Crippen molar-refractivity contribution in [3.8, 4) is 0 Å². The highest BCUT2D eigenvalue weighted by molar-refractivity contribution is 6.36. The van der Waals surface area contributed by atoms with Gasteiger partial charge in [-0.3, -0.25) is 4.99 Å². The van der Waals surface area contributed by atoms with Crippen LogP contribution in [0.25, 0.3) is 16.3 Å². The summed E-state index contributed by atoms with van der Waals surface area (Å²) in [5.74, 6) is 0. The summed E-state index contributed by atoms with van der Waals surface area (Å²) in [5.41, 5.74) is 4.90. The number of hydrogen-bond acceptors (Lipinski definition) is 1. The third-order valence-corrected chi connectivity index (χ3v) is 3.30. The van der Waals surface area contributed by atoms with Crippen LogP contribution in [-0.4, -0.2) is 5.71 Å². The van der Waals surface area contributed by atoms with E-state index >= 15 is 0 Å². The zero-order chi connectivity index (χ0) is 10.5. The predicted molar refractivity (Wildman–Crippen MR) is 68.4 cm³/mol. The topological polar surface area (TPSA) is 12.4 Å². The quantitative estimate of drug-likeness (QED) is 0.575. The van der Waals surface area contributed by atoms with Crippen molar-refractivity contribution < 1.29 is 0 Å². The molecule has 0 saturated heterocycles. The van der Waals surface area contributed by atoms with E-state index in [1.807, 2.05) is 0 Å². The van der Waals surface area contributed by atoms with Crippen LogP contribution in [-0.2, 0) is 0 Å². The maximum absolute atomic E-state index is 4.72. The first kappa shape index (κ1) is 8.17. The molecule has 1 heteroatoms. The molecule has 0 N–H and O–H groups in total. The van der Waals surface area contributed by atoms with Crippen LogP contribution in [0.2, 0.25) is 0 Å². The molecule has 2 aliphatic rings. The Morgan fingerprint density at radius 1 is 1.25 bits per heavy atom. The Bertz CT molecular complexity index is 681. The smallest absolute Gasteiger partial charge is 0.0530 e. The van der Waals surface area contributed by atoms with Gasteiger partial charge in [-0.15, -0.1) is 30.3 Å². The largest absolute Gasteiger partial charge is 0.295 e. The molecule has 76 valence electrons. The van der Waals surface area contributed by atoms with Crippen LogP contribution in [0.1, 0.15) is 12.0 Å². The van der Waals surface area contributed by atoms with Gasteiger partial charge in [-0.25, -0.2) is 0 Å². The molecule has 0 radical (unpaired) electrons. The lowest BCUT2D eigenvalue weighted by atomic mass is 10.00. The first-order valence-corrected chi connectivity index (χ1v) is 5.58. The molecule has 0 amide bonds. The van der Waals surface area contributed by atoms with E-state index in [1.165, 1.54) is 21.9 Å². The first-order chi connectivity index (χ1) is 7.93. The van der Waals surface area contributed by atoms with Gasteiger partial charge in [-0.05, 0) is 23.8 Å². The lowest BCUT2D eigenvalue weighted by Crippen LogP contribution is -1.95. The van der Waals surface area contributed by atoms with E-state index < -0.39 is 0 Å². The SMILES string of the molecule is C1=CC2=Nc3c(c[c-]4ccccc34)C2=CC1. The Morgan fingerprint density at radius 2 is 2.25 bits per heavy atom. The molecule has 2 aromatic carbocycles. The van der Waals surface area contributed by atoms with Crippen LogP contribution in [0.3, 0.4) is 0 Å². The molecule has 1 heterocycles. The van der Waals surface area contributed by atoms with Crippen LogP contribution in [0, 0.1) is 0 Å². The van der Waals surface area contributed by atoms with E-state index in [-0.39, 0.29) is 0 Å².